The maximum atomic E-state index is 13.9. The minimum absolute atomic E-state index is 0.205. The second-order valence-electron chi connectivity index (χ2n) is 4.30. The lowest BCUT2D eigenvalue weighted by Gasteiger charge is -2.08. The highest BCUT2D eigenvalue weighted by Gasteiger charge is 2.06. The molecule has 0 atom stereocenters. The summed E-state index contributed by atoms with van der Waals surface area (Å²) in [5, 5.41) is 3.07. The molecule has 0 fully saturated rings. The molecule has 0 aromatic heterocycles. The van der Waals surface area contributed by atoms with Crippen LogP contribution in [0.25, 0.3) is 11.1 Å². The molecule has 0 heterocycles. The Kier molecular flexibility index (Phi) is 4.53. The maximum Gasteiger partial charge on any atom is 0.131 e. The molecule has 0 amide bonds. The number of halogens is 1. The van der Waals surface area contributed by atoms with E-state index in [1.54, 1.807) is 6.07 Å². The topological polar surface area (TPSA) is 21.3 Å². The standard InChI is InChI=1S/C16H18FNO/c1-3-19-14-7-5-13(6-8-14)15-10-12(11-18-2)4-9-16(15)17/h4-10,18H,3,11H2,1-2H3. The van der Waals surface area contributed by atoms with Gasteiger partial charge in [-0.3, -0.25) is 0 Å². The molecule has 2 aromatic carbocycles. The first-order valence-corrected chi connectivity index (χ1v) is 6.41. The molecule has 0 radical (unpaired) electrons. The Hall–Kier alpha value is -1.87. The molecule has 0 aliphatic carbocycles. The first-order chi connectivity index (χ1) is 9.24. The Bertz CT molecular complexity index is 537. The Labute approximate surface area is 113 Å². The second kappa shape index (κ2) is 6.34. The summed E-state index contributed by atoms with van der Waals surface area (Å²) in [6, 6.07) is 12.7. The lowest BCUT2D eigenvalue weighted by molar-refractivity contribution is 0.340. The van der Waals surface area contributed by atoms with Crippen LogP contribution in [0.4, 0.5) is 4.39 Å². The van der Waals surface area contributed by atoms with Gasteiger partial charge in [0.15, 0.2) is 0 Å². The zero-order valence-corrected chi connectivity index (χ0v) is 11.2. The number of hydrogen-bond donors (Lipinski definition) is 1. The molecule has 0 bridgehead atoms. The van der Waals surface area contributed by atoms with E-state index in [-0.39, 0.29) is 5.82 Å². The third-order valence-electron chi connectivity index (χ3n) is 2.89. The van der Waals surface area contributed by atoms with Crippen molar-refractivity contribution in [2.45, 2.75) is 13.5 Å². The molecule has 0 aliphatic heterocycles. The molecule has 3 heteroatoms. The van der Waals surface area contributed by atoms with Gasteiger partial charge in [0, 0.05) is 12.1 Å². The molecular weight excluding hydrogens is 241 g/mol. The van der Waals surface area contributed by atoms with Gasteiger partial charge < -0.3 is 10.1 Å². The highest BCUT2D eigenvalue weighted by molar-refractivity contribution is 5.65. The average Bonchev–Trinajstić information content (AvgIpc) is 2.43. The Balaban J connectivity index is 2.31. The summed E-state index contributed by atoms with van der Waals surface area (Å²) in [7, 11) is 1.87. The molecule has 0 spiro atoms. The van der Waals surface area contributed by atoms with Gasteiger partial charge >= 0.3 is 0 Å². The minimum Gasteiger partial charge on any atom is -0.494 e. The van der Waals surface area contributed by atoms with E-state index in [0.29, 0.717) is 12.2 Å². The zero-order valence-electron chi connectivity index (χ0n) is 11.2. The number of nitrogens with one attached hydrogen (secondary N) is 1. The van der Waals surface area contributed by atoms with E-state index >= 15 is 0 Å². The monoisotopic (exact) mass is 259 g/mol. The molecule has 2 aromatic rings. The molecule has 0 unspecified atom stereocenters. The number of rotatable bonds is 5. The van der Waals surface area contributed by atoms with Crippen molar-refractivity contribution >= 4 is 0 Å². The van der Waals surface area contributed by atoms with Gasteiger partial charge in [-0.1, -0.05) is 18.2 Å². The molecule has 100 valence electrons. The van der Waals surface area contributed by atoms with Crippen LogP contribution < -0.4 is 10.1 Å². The van der Waals surface area contributed by atoms with Crippen molar-refractivity contribution in [2.75, 3.05) is 13.7 Å². The zero-order chi connectivity index (χ0) is 13.7. The third-order valence-corrected chi connectivity index (χ3v) is 2.89. The summed E-state index contributed by atoms with van der Waals surface area (Å²) in [4.78, 5) is 0. The smallest absolute Gasteiger partial charge is 0.131 e. The van der Waals surface area contributed by atoms with E-state index in [1.165, 1.54) is 6.07 Å². The molecule has 0 saturated carbocycles. The van der Waals surface area contributed by atoms with Crippen molar-refractivity contribution in [3.63, 3.8) is 0 Å². The summed E-state index contributed by atoms with van der Waals surface area (Å²) in [6.45, 7) is 3.30. The molecule has 0 aliphatic rings. The molecular formula is C16H18FNO. The number of benzene rings is 2. The largest absolute Gasteiger partial charge is 0.494 e. The lowest BCUT2D eigenvalue weighted by atomic mass is 10.0. The van der Waals surface area contributed by atoms with Crippen LogP contribution in [0.1, 0.15) is 12.5 Å². The Morgan fingerprint density at radius 3 is 2.47 bits per heavy atom. The van der Waals surface area contributed by atoms with Crippen molar-refractivity contribution in [2.24, 2.45) is 0 Å². The van der Waals surface area contributed by atoms with Gasteiger partial charge in [-0.25, -0.2) is 4.39 Å². The second-order valence-corrected chi connectivity index (χ2v) is 4.30. The normalized spacial score (nSPS) is 10.5. The third kappa shape index (κ3) is 3.32. The van der Waals surface area contributed by atoms with Crippen LogP contribution in [0.5, 0.6) is 5.75 Å². The summed E-state index contributed by atoms with van der Waals surface area (Å²) < 4.78 is 19.3. The van der Waals surface area contributed by atoms with Crippen LogP contribution in [0.3, 0.4) is 0 Å². The van der Waals surface area contributed by atoms with Crippen LogP contribution in [0.2, 0.25) is 0 Å². The average molecular weight is 259 g/mol. The quantitative estimate of drug-likeness (QED) is 0.885. The van der Waals surface area contributed by atoms with E-state index in [0.717, 1.165) is 23.4 Å². The van der Waals surface area contributed by atoms with Crippen LogP contribution in [-0.2, 0) is 6.54 Å². The molecule has 2 rings (SSSR count). The highest BCUT2D eigenvalue weighted by atomic mass is 19.1. The first-order valence-electron chi connectivity index (χ1n) is 6.41. The number of ether oxygens (including phenoxy) is 1. The van der Waals surface area contributed by atoms with E-state index in [4.69, 9.17) is 4.74 Å². The van der Waals surface area contributed by atoms with Gasteiger partial charge in [0.2, 0.25) is 0 Å². The molecule has 0 saturated heterocycles. The fraction of sp³-hybridized carbons (Fsp3) is 0.250. The fourth-order valence-electron chi connectivity index (χ4n) is 2.01. The predicted octanol–water partition coefficient (Wildman–Crippen LogP) is 3.61. The van der Waals surface area contributed by atoms with Crippen LogP contribution in [-0.4, -0.2) is 13.7 Å². The molecule has 2 nitrogen and oxygen atoms in total. The van der Waals surface area contributed by atoms with E-state index in [1.807, 2.05) is 44.3 Å². The van der Waals surface area contributed by atoms with Crippen molar-refractivity contribution in [3.8, 4) is 16.9 Å². The lowest BCUT2D eigenvalue weighted by Crippen LogP contribution is -2.05. The maximum absolute atomic E-state index is 13.9. The van der Waals surface area contributed by atoms with Gasteiger partial charge in [0.1, 0.15) is 11.6 Å². The fourth-order valence-corrected chi connectivity index (χ4v) is 2.01. The van der Waals surface area contributed by atoms with Crippen molar-refractivity contribution in [1.82, 2.24) is 5.32 Å². The van der Waals surface area contributed by atoms with Gasteiger partial charge in [-0.2, -0.15) is 0 Å². The van der Waals surface area contributed by atoms with Gasteiger partial charge in [0.05, 0.1) is 6.61 Å². The summed E-state index contributed by atoms with van der Waals surface area (Å²) >= 11 is 0. The Morgan fingerprint density at radius 1 is 1.11 bits per heavy atom. The van der Waals surface area contributed by atoms with Crippen LogP contribution in [0, 0.1) is 5.82 Å². The van der Waals surface area contributed by atoms with E-state index in [2.05, 4.69) is 5.32 Å². The van der Waals surface area contributed by atoms with Crippen molar-refractivity contribution in [3.05, 3.63) is 53.8 Å². The van der Waals surface area contributed by atoms with E-state index in [9.17, 15) is 4.39 Å². The van der Waals surface area contributed by atoms with Gasteiger partial charge in [-0.15, -0.1) is 0 Å². The Morgan fingerprint density at radius 2 is 1.84 bits per heavy atom. The summed E-state index contributed by atoms with van der Waals surface area (Å²) in [6.07, 6.45) is 0. The van der Waals surface area contributed by atoms with E-state index < -0.39 is 0 Å². The first kappa shape index (κ1) is 13.6. The number of hydrogen-bond acceptors (Lipinski definition) is 2. The van der Waals surface area contributed by atoms with Crippen molar-refractivity contribution in [1.29, 1.82) is 0 Å². The van der Waals surface area contributed by atoms with Gasteiger partial charge in [-0.05, 0) is 49.4 Å². The summed E-state index contributed by atoms with van der Waals surface area (Å²) in [5.74, 6) is 0.599. The molecule has 1 N–H and O–H groups in total. The van der Waals surface area contributed by atoms with Crippen LogP contribution >= 0.6 is 0 Å². The molecule has 19 heavy (non-hydrogen) atoms. The highest BCUT2D eigenvalue weighted by Crippen LogP contribution is 2.26. The van der Waals surface area contributed by atoms with Crippen molar-refractivity contribution < 1.29 is 9.13 Å². The SMILES string of the molecule is CCOc1ccc(-c2cc(CNC)ccc2F)cc1. The van der Waals surface area contributed by atoms with Gasteiger partial charge in [0.25, 0.3) is 0 Å². The summed E-state index contributed by atoms with van der Waals surface area (Å²) in [5.41, 5.74) is 2.54. The van der Waals surface area contributed by atoms with Crippen LogP contribution in [0.15, 0.2) is 42.5 Å². The minimum atomic E-state index is -0.205. The predicted molar refractivity (Wildman–Crippen MR) is 75.8 cm³/mol.